The van der Waals surface area contributed by atoms with Crippen molar-refractivity contribution in [3.63, 3.8) is 0 Å². The fraction of sp³-hybridized carbons (Fsp3) is 0.529. The lowest BCUT2D eigenvalue weighted by atomic mass is 10.1. The van der Waals surface area contributed by atoms with Gasteiger partial charge in [0.15, 0.2) is 0 Å². The molecule has 2 aliphatic rings. The summed E-state index contributed by atoms with van der Waals surface area (Å²) in [6.45, 7) is 1.36. The number of rotatable bonds is 7. The number of aromatic nitrogens is 3. The SMILES string of the molecule is COCc1cc(-c2cc(OCC3CC3)c(C3CC3)cn2)n[nH]1. The first kappa shape index (κ1) is 13.8. The molecular formula is C17H21N3O2. The van der Waals surface area contributed by atoms with E-state index < -0.39 is 0 Å². The van der Waals surface area contributed by atoms with Gasteiger partial charge in [-0.1, -0.05) is 0 Å². The molecule has 0 atom stereocenters. The van der Waals surface area contributed by atoms with E-state index >= 15 is 0 Å². The lowest BCUT2D eigenvalue weighted by Gasteiger charge is -2.11. The van der Waals surface area contributed by atoms with E-state index in [-0.39, 0.29) is 0 Å². The molecular weight excluding hydrogens is 278 g/mol. The molecule has 2 aromatic heterocycles. The largest absolute Gasteiger partial charge is 0.493 e. The van der Waals surface area contributed by atoms with Crippen molar-refractivity contribution in [3.05, 3.63) is 29.6 Å². The zero-order chi connectivity index (χ0) is 14.9. The number of aromatic amines is 1. The summed E-state index contributed by atoms with van der Waals surface area (Å²) in [4.78, 5) is 4.58. The minimum absolute atomic E-state index is 0.526. The molecule has 5 nitrogen and oxygen atoms in total. The Hall–Kier alpha value is -1.88. The summed E-state index contributed by atoms with van der Waals surface area (Å²) in [5.41, 5.74) is 3.91. The molecule has 0 saturated heterocycles. The number of pyridine rings is 1. The number of hydrogen-bond donors (Lipinski definition) is 1. The van der Waals surface area contributed by atoms with Crippen LogP contribution in [-0.2, 0) is 11.3 Å². The molecule has 4 rings (SSSR count). The average Bonchev–Trinajstić information content (AvgIpc) is 3.45. The Kier molecular flexibility index (Phi) is 3.58. The summed E-state index contributed by atoms with van der Waals surface area (Å²) in [7, 11) is 1.67. The van der Waals surface area contributed by atoms with Crippen LogP contribution in [0.1, 0.15) is 42.9 Å². The second-order valence-electron chi connectivity index (χ2n) is 6.35. The lowest BCUT2D eigenvalue weighted by molar-refractivity contribution is 0.181. The summed E-state index contributed by atoms with van der Waals surface area (Å²) in [6.07, 6.45) is 7.08. The molecule has 116 valence electrons. The first-order valence-corrected chi connectivity index (χ1v) is 8.00. The van der Waals surface area contributed by atoms with Crippen LogP contribution in [0.3, 0.4) is 0 Å². The number of ether oxygens (including phenoxy) is 2. The molecule has 0 aliphatic heterocycles. The highest BCUT2D eigenvalue weighted by molar-refractivity contribution is 5.58. The zero-order valence-electron chi connectivity index (χ0n) is 12.8. The Morgan fingerprint density at radius 2 is 2.05 bits per heavy atom. The minimum Gasteiger partial charge on any atom is -0.493 e. The molecule has 2 aromatic rings. The number of nitrogens with zero attached hydrogens (tertiary/aromatic N) is 2. The fourth-order valence-electron chi connectivity index (χ4n) is 2.63. The molecule has 22 heavy (non-hydrogen) atoms. The van der Waals surface area contributed by atoms with Crippen LogP contribution in [0.4, 0.5) is 0 Å². The van der Waals surface area contributed by atoms with Gasteiger partial charge in [-0.2, -0.15) is 5.10 Å². The van der Waals surface area contributed by atoms with Crippen molar-refractivity contribution in [1.29, 1.82) is 0 Å². The standard InChI is InChI=1S/C17H21N3O2/c1-21-10-13-6-16(20-19-13)15-7-17(22-9-11-2-3-11)14(8-18-15)12-4-5-12/h6-8,11-12H,2-5,9-10H2,1H3,(H,19,20). The van der Waals surface area contributed by atoms with Gasteiger partial charge in [0, 0.05) is 24.9 Å². The lowest BCUT2D eigenvalue weighted by Crippen LogP contribution is -2.02. The molecule has 2 saturated carbocycles. The molecule has 2 heterocycles. The first-order chi connectivity index (χ1) is 10.8. The summed E-state index contributed by atoms with van der Waals surface area (Å²) >= 11 is 0. The van der Waals surface area contributed by atoms with E-state index in [9.17, 15) is 0 Å². The highest BCUT2D eigenvalue weighted by Gasteiger charge is 2.29. The Morgan fingerprint density at radius 1 is 1.18 bits per heavy atom. The Labute approximate surface area is 130 Å². The highest BCUT2D eigenvalue weighted by atomic mass is 16.5. The second-order valence-corrected chi connectivity index (χ2v) is 6.35. The third-order valence-electron chi connectivity index (χ3n) is 4.28. The summed E-state index contributed by atoms with van der Waals surface area (Å²) in [5, 5.41) is 7.30. The van der Waals surface area contributed by atoms with Gasteiger partial charge in [0.25, 0.3) is 0 Å². The van der Waals surface area contributed by atoms with Crippen LogP contribution in [0, 0.1) is 5.92 Å². The van der Waals surface area contributed by atoms with Crippen molar-refractivity contribution in [2.75, 3.05) is 13.7 Å². The van der Waals surface area contributed by atoms with Crippen LogP contribution in [0.2, 0.25) is 0 Å². The third-order valence-corrected chi connectivity index (χ3v) is 4.28. The van der Waals surface area contributed by atoms with E-state index in [1.807, 2.05) is 18.3 Å². The van der Waals surface area contributed by atoms with Gasteiger partial charge in [-0.05, 0) is 43.6 Å². The van der Waals surface area contributed by atoms with Crippen LogP contribution >= 0.6 is 0 Å². The molecule has 2 aliphatic carbocycles. The Bertz CT molecular complexity index is 660. The topological polar surface area (TPSA) is 60.0 Å². The summed E-state index contributed by atoms with van der Waals surface area (Å²) < 4.78 is 11.2. The maximum Gasteiger partial charge on any atom is 0.126 e. The van der Waals surface area contributed by atoms with Crippen LogP contribution in [0.15, 0.2) is 18.3 Å². The first-order valence-electron chi connectivity index (χ1n) is 8.00. The molecule has 1 N–H and O–H groups in total. The number of hydrogen-bond acceptors (Lipinski definition) is 4. The van der Waals surface area contributed by atoms with Crippen molar-refractivity contribution in [3.8, 4) is 17.1 Å². The molecule has 5 heteroatoms. The van der Waals surface area contributed by atoms with Crippen LogP contribution < -0.4 is 4.74 Å². The van der Waals surface area contributed by atoms with E-state index in [1.54, 1.807) is 7.11 Å². The molecule has 2 fully saturated rings. The van der Waals surface area contributed by atoms with Crippen molar-refractivity contribution >= 4 is 0 Å². The predicted molar refractivity (Wildman–Crippen MR) is 82.7 cm³/mol. The molecule has 0 aromatic carbocycles. The molecule has 0 unspecified atom stereocenters. The van der Waals surface area contributed by atoms with E-state index in [2.05, 4.69) is 15.2 Å². The summed E-state index contributed by atoms with van der Waals surface area (Å²) in [6, 6.07) is 4.02. The van der Waals surface area contributed by atoms with Crippen molar-refractivity contribution in [2.45, 2.75) is 38.2 Å². The van der Waals surface area contributed by atoms with Gasteiger partial charge in [-0.3, -0.25) is 10.1 Å². The minimum atomic E-state index is 0.526. The van der Waals surface area contributed by atoms with Gasteiger partial charge in [-0.15, -0.1) is 0 Å². The molecule has 0 radical (unpaired) electrons. The van der Waals surface area contributed by atoms with Gasteiger partial charge in [0.05, 0.1) is 24.6 Å². The maximum absolute atomic E-state index is 6.08. The van der Waals surface area contributed by atoms with Crippen LogP contribution in [-0.4, -0.2) is 28.9 Å². The van der Waals surface area contributed by atoms with Gasteiger partial charge in [0.2, 0.25) is 0 Å². The van der Waals surface area contributed by atoms with Gasteiger partial charge in [0.1, 0.15) is 11.4 Å². The quantitative estimate of drug-likeness (QED) is 0.852. The maximum atomic E-state index is 6.08. The van der Waals surface area contributed by atoms with E-state index in [4.69, 9.17) is 9.47 Å². The summed E-state index contributed by atoms with van der Waals surface area (Å²) in [5.74, 6) is 2.39. The molecule has 0 amide bonds. The van der Waals surface area contributed by atoms with E-state index in [0.29, 0.717) is 12.5 Å². The molecule has 0 spiro atoms. The third kappa shape index (κ3) is 2.99. The van der Waals surface area contributed by atoms with Crippen LogP contribution in [0.5, 0.6) is 5.75 Å². The monoisotopic (exact) mass is 299 g/mol. The van der Waals surface area contributed by atoms with Gasteiger partial charge in [-0.25, -0.2) is 0 Å². The normalized spacial score (nSPS) is 17.7. The second kappa shape index (κ2) is 5.72. The van der Waals surface area contributed by atoms with Crippen molar-refractivity contribution in [2.24, 2.45) is 5.92 Å². The van der Waals surface area contributed by atoms with Crippen LogP contribution in [0.25, 0.3) is 11.4 Å². The average molecular weight is 299 g/mol. The van der Waals surface area contributed by atoms with E-state index in [0.717, 1.165) is 35.4 Å². The van der Waals surface area contributed by atoms with Gasteiger partial charge < -0.3 is 9.47 Å². The number of methoxy groups -OCH3 is 1. The zero-order valence-corrected chi connectivity index (χ0v) is 12.8. The highest BCUT2D eigenvalue weighted by Crippen LogP contribution is 2.45. The fourth-order valence-corrected chi connectivity index (χ4v) is 2.63. The Morgan fingerprint density at radius 3 is 2.77 bits per heavy atom. The number of nitrogens with one attached hydrogen (secondary N) is 1. The Balaban J connectivity index is 1.59. The van der Waals surface area contributed by atoms with Crippen molar-refractivity contribution < 1.29 is 9.47 Å². The van der Waals surface area contributed by atoms with Gasteiger partial charge >= 0.3 is 0 Å². The number of H-pyrrole nitrogens is 1. The van der Waals surface area contributed by atoms with E-state index in [1.165, 1.54) is 31.2 Å². The molecule has 0 bridgehead atoms. The van der Waals surface area contributed by atoms with Crippen molar-refractivity contribution in [1.82, 2.24) is 15.2 Å². The smallest absolute Gasteiger partial charge is 0.126 e. The predicted octanol–water partition coefficient (Wildman–Crippen LogP) is 3.28.